The van der Waals surface area contributed by atoms with E-state index in [0.29, 0.717) is 19.5 Å². The molecule has 2 aromatic carbocycles. The molecule has 1 aromatic heterocycles. The number of carbonyl (C=O) groups is 2. The maximum atomic E-state index is 13.4. The molecule has 0 aliphatic heterocycles. The SMILES string of the molecule is Cc1cccc(CN(C(=O)C2CCCC2)c2ccc(CC(=O)NCc3ccncc3)cc2)c1. The van der Waals surface area contributed by atoms with Gasteiger partial charge in [0.05, 0.1) is 13.0 Å². The van der Waals surface area contributed by atoms with Crippen LogP contribution in [-0.2, 0) is 29.1 Å². The van der Waals surface area contributed by atoms with Gasteiger partial charge in [-0.25, -0.2) is 0 Å². The number of hydrogen-bond acceptors (Lipinski definition) is 3. The van der Waals surface area contributed by atoms with Gasteiger partial charge in [0.25, 0.3) is 0 Å². The van der Waals surface area contributed by atoms with Crippen molar-refractivity contribution in [2.45, 2.75) is 52.1 Å². The average Bonchev–Trinajstić information content (AvgIpc) is 3.37. The lowest BCUT2D eigenvalue weighted by atomic mass is 10.0. The van der Waals surface area contributed by atoms with E-state index in [9.17, 15) is 9.59 Å². The molecular weight excluding hydrogens is 410 g/mol. The lowest BCUT2D eigenvalue weighted by molar-refractivity contribution is -0.122. The minimum atomic E-state index is -0.0294. The number of anilines is 1. The molecule has 170 valence electrons. The van der Waals surface area contributed by atoms with Gasteiger partial charge in [-0.2, -0.15) is 0 Å². The smallest absolute Gasteiger partial charge is 0.230 e. The van der Waals surface area contributed by atoms with Crippen molar-refractivity contribution in [1.29, 1.82) is 0 Å². The van der Waals surface area contributed by atoms with E-state index in [-0.39, 0.29) is 17.7 Å². The molecule has 1 saturated carbocycles. The van der Waals surface area contributed by atoms with Gasteiger partial charge in [0.1, 0.15) is 0 Å². The number of nitrogens with zero attached hydrogens (tertiary/aromatic N) is 2. The molecule has 1 aliphatic rings. The van der Waals surface area contributed by atoms with Crippen molar-refractivity contribution in [3.05, 3.63) is 95.3 Å². The second-order valence-corrected chi connectivity index (χ2v) is 8.87. The Hall–Kier alpha value is -3.47. The minimum Gasteiger partial charge on any atom is -0.352 e. The summed E-state index contributed by atoms with van der Waals surface area (Å²) in [5.41, 5.74) is 5.14. The summed E-state index contributed by atoms with van der Waals surface area (Å²) in [6.07, 6.45) is 7.94. The Labute approximate surface area is 195 Å². The van der Waals surface area contributed by atoms with Crippen LogP contribution in [0.4, 0.5) is 5.69 Å². The van der Waals surface area contributed by atoms with Crippen molar-refractivity contribution < 1.29 is 9.59 Å². The zero-order valence-corrected chi connectivity index (χ0v) is 19.2. The molecule has 0 atom stereocenters. The van der Waals surface area contributed by atoms with Gasteiger partial charge in [-0.15, -0.1) is 0 Å². The number of hydrogen-bond donors (Lipinski definition) is 1. The summed E-state index contributed by atoms with van der Waals surface area (Å²) >= 11 is 0. The molecule has 33 heavy (non-hydrogen) atoms. The van der Waals surface area contributed by atoms with Crippen LogP contribution < -0.4 is 10.2 Å². The van der Waals surface area contributed by atoms with Crippen LogP contribution in [0.1, 0.15) is 47.9 Å². The Morgan fingerprint density at radius 3 is 2.36 bits per heavy atom. The summed E-state index contributed by atoms with van der Waals surface area (Å²) in [6, 6.07) is 19.9. The van der Waals surface area contributed by atoms with E-state index in [0.717, 1.165) is 48.1 Å². The van der Waals surface area contributed by atoms with Gasteiger partial charge in [0.2, 0.25) is 11.8 Å². The van der Waals surface area contributed by atoms with Crippen molar-refractivity contribution >= 4 is 17.5 Å². The molecule has 0 bridgehead atoms. The molecular formula is C28H31N3O2. The van der Waals surface area contributed by atoms with E-state index in [1.165, 1.54) is 5.56 Å². The molecule has 5 heteroatoms. The lowest BCUT2D eigenvalue weighted by Gasteiger charge is -2.26. The van der Waals surface area contributed by atoms with Crippen LogP contribution >= 0.6 is 0 Å². The largest absolute Gasteiger partial charge is 0.352 e. The highest BCUT2D eigenvalue weighted by Gasteiger charge is 2.28. The fraction of sp³-hybridized carbons (Fsp3) is 0.321. The quantitative estimate of drug-likeness (QED) is 0.537. The first-order valence-electron chi connectivity index (χ1n) is 11.7. The van der Waals surface area contributed by atoms with Gasteiger partial charge < -0.3 is 10.2 Å². The lowest BCUT2D eigenvalue weighted by Crippen LogP contribution is -2.35. The van der Waals surface area contributed by atoms with Crippen LogP contribution in [0.15, 0.2) is 73.1 Å². The van der Waals surface area contributed by atoms with Gasteiger partial charge in [0, 0.05) is 30.5 Å². The summed E-state index contributed by atoms with van der Waals surface area (Å²) < 4.78 is 0. The van der Waals surface area contributed by atoms with Gasteiger partial charge in [-0.3, -0.25) is 14.6 Å². The number of pyridine rings is 1. The maximum Gasteiger partial charge on any atom is 0.230 e. The predicted molar refractivity (Wildman–Crippen MR) is 131 cm³/mol. The van der Waals surface area contributed by atoms with E-state index >= 15 is 0 Å². The molecule has 2 amide bonds. The number of aromatic nitrogens is 1. The van der Waals surface area contributed by atoms with E-state index in [1.807, 2.05) is 47.4 Å². The molecule has 3 aromatic rings. The van der Waals surface area contributed by atoms with Crippen molar-refractivity contribution in [3.8, 4) is 0 Å². The Morgan fingerprint density at radius 2 is 1.67 bits per heavy atom. The number of amides is 2. The normalized spacial score (nSPS) is 13.6. The van der Waals surface area contributed by atoms with Crippen LogP contribution in [0, 0.1) is 12.8 Å². The standard InChI is InChI=1S/C28H31N3O2/c1-21-5-4-6-24(17-21)20-31(28(33)25-7-2-3-8-25)26-11-9-22(10-12-26)18-27(32)30-19-23-13-15-29-16-14-23/h4-6,9-17,25H,2-3,7-8,18-20H2,1H3,(H,30,32). The molecule has 5 nitrogen and oxygen atoms in total. The fourth-order valence-electron chi connectivity index (χ4n) is 4.43. The first kappa shape index (κ1) is 22.7. The summed E-state index contributed by atoms with van der Waals surface area (Å²) in [5, 5.41) is 2.95. The van der Waals surface area contributed by atoms with E-state index in [1.54, 1.807) is 12.4 Å². The van der Waals surface area contributed by atoms with Gasteiger partial charge in [-0.05, 0) is 60.7 Å². The Balaban J connectivity index is 1.44. The Morgan fingerprint density at radius 1 is 0.939 bits per heavy atom. The Bertz CT molecular complexity index is 1070. The van der Waals surface area contributed by atoms with E-state index in [4.69, 9.17) is 0 Å². The summed E-state index contributed by atoms with van der Waals surface area (Å²) in [7, 11) is 0. The maximum absolute atomic E-state index is 13.4. The van der Waals surface area contributed by atoms with Gasteiger partial charge >= 0.3 is 0 Å². The number of rotatable bonds is 8. The van der Waals surface area contributed by atoms with E-state index < -0.39 is 0 Å². The molecule has 0 unspecified atom stereocenters. The van der Waals surface area contributed by atoms with Crippen LogP contribution in [0.25, 0.3) is 0 Å². The summed E-state index contributed by atoms with van der Waals surface area (Å²) in [4.78, 5) is 31.6. The second kappa shape index (κ2) is 10.9. The van der Waals surface area contributed by atoms with Gasteiger partial charge in [-0.1, -0.05) is 54.8 Å². The summed E-state index contributed by atoms with van der Waals surface area (Å²) in [6.45, 7) is 3.11. The van der Waals surface area contributed by atoms with Crippen LogP contribution in [0.3, 0.4) is 0 Å². The van der Waals surface area contributed by atoms with Crippen LogP contribution in [0.2, 0.25) is 0 Å². The fourth-order valence-corrected chi connectivity index (χ4v) is 4.43. The first-order chi connectivity index (χ1) is 16.1. The predicted octanol–water partition coefficient (Wildman–Crippen LogP) is 4.97. The number of benzene rings is 2. The first-order valence-corrected chi connectivity index (χ1v) is 11.7. The van der Waals surface area contributed by atoms with Crippen molar-refractivity contribution in [3.63, 3.8) is 0 Å². The number of aryl methyl sites for hydroxylation is 1. The third-order valence-corrected chi connectivity index (χ3v) is 6.25. The number of nitrogens with one attached hydrogen (secondary N) is 1. The van der Waals surface area contributed by atoms with Crippen molar-refractivity contribution in [2.75, 3.05) is 4.90 Å². The third kappa shape index (κ3) is 6.28. The topological polar surface area (TPSA) is 62.3 Å². The zero-order valence-electron chi connectivity index (χ0n) is 19.2. The van der Waals surface area contributed by atoms with Crippen molar-refractivity contribution in [2.24, 2.45) is 5.92 Å². The summed E-state index contributed by atoms with van der Waals surface area (Å²) in [5.74, 6) is 0.281. The molecule has 1 aliphatic carbocycles. The molecule has 0 spiro atoms. The zero-order chi connectivity index (χ0) is 23.0. The molecule has 1 N–H and O–H groups in total. The number of carbonyl (C=O) groups excluding carboxylic acids is 2. The minimum absolute atomic E-state index is 0.0294. The highest BCUT2D eigenvalue weighted by molar-refractivity contribution is 5.95. The van der Waals surface area contributed by atoms with E-state index in [2.05, 4.69) is 35.4 Å². The highest BCUT2D eigenvalue weighted by atomic mass is 16.2. The Kier molecular flexibility index (Phi) is 7.51. The molecule has 1 heterocycles. The molecule has 0 radical (unpaired) electrons. The van der Waals surface area contributed by atoms with Crippen molar-refractivity contribution in [1.82, 2.24) is 10.3 Å². The molecule has 0 saturated heterocycles. The van der Waals surface area contributed by atoms with Crippen LogP contribution in [-0.4, -0.2) is 16.8 Å². The highest BCUT2D eigenvalue weighted by Crippen LogP contribution is 2.30. The average molecular weight is 442 g/mol. The van der Waals surface area contributed by atoms with Gasteiger partial charge in [0.15, 0.2) is 0 Å². The molecule has 1 fully saturated rings. The van der Waals surface area contributed by atoms with Crippen LogP contribution in [0.5, 0.6) is 0 Å². The second-order valence-electron chi connectivity index (χ2n) is 8.87. The monoisotopic (exact) mass is 441 g/mol. The third-order valence-electron chi connectivity index (χ3n) is 6.25. The molecule has 4 rings (SSSR count).